The first-order chi connectivity index (χ1) is 6.70. The number of benzene rings is 1. The van der Waals surface area contributed by atoms with Crippen LogP contribution in [0.1, 0.15) is 12.4 Å². The first-order valence-electron chi connectivity index (χ1n) is 4.30. The second-order valence-electron chi connectivity index (χ2n) is 3.05. The van der Waals surface area contributed by atoms with E-state index in [2.05, 4.69) is 4.98 Å². The van der Waals surface area contributed by atoms with Gasteiger partial charge in [0.15, 0.2) is 0 Å². The summed E-state index contributed by atoms with van der Waals surface area (Å²) in [5.74, 6) is 0. The molecular formula is C10H9ClN2O. The molecule has 1 atom stereocenters. The van der Waals surface area contributed by atoms with Crippen LogP contribution < -0.4 is 5.56 Å². The molecule has 0 aliphatic heterocycles. The molecule has 0 spiro atoms. The van der Waals surface area contributed by atoms with E-state index in [4.69, 9.17) is 11.6 Å². The van der Waals surface area contributed by atoms with Crippen LogP contribution >= 0.6 is 11.6 Å². The van der Waals surface area contributed by atoms with E-state index in [0.29, 0.717) is 10.9 Å². The molecule has 0 N–H and O–H groups in total. The minimum atomic E-state index is -0.375. The van der Waals surface area contributed by atoms with Crippen LogP contribution in [-0.2, 0) is 0 Å². The van der Waals surface area contributed by atoms with Gasteiger partial charge in [0.05, 0.1) is 17.2 Å². The number of alkyl halides is 1. The maximum Gasteiger partial charge on any atom is 0.262 e. The number of halogens is 1. The van der Waals surface area contributed by atoms with E-state index >= 15 is 0 Å². The average Bonchev–Trinajstić information content (AvgIpc) is 2.18. The molecule has 2 rings (SSSR count). The Bertz CT molecular complexity index is 519. The molecule has 1 aromatic carbocycles. The lowest BCUT2D eigenvalue weighted by Gasteiger charge is -2.07. The molecule has 0 radical (unpaired) electrons. The zero-order chi connectivity index (χ0) is 10.1. The number of hydrogen-bond donors (Lipinski definition) is 0. The van der Waals surface area contributed by atoms with Crippen LogP contribution in [-0.4, -0.2) is 9.55 Å². The second kappa shape index (κ2) is 3.42. The number of hydrogen-bond acceptors (Lipinski definition) is 2. The molecule has 0 aliphatic carbocycles. The maximum absolute atomic E-state index is 11.8. The highest BCUT2D eigenvalue weighted by Gasteiger charge is 2.05. The summed E-state index contributed by atoms with van der Waals surface area (Å²) >= 11 is 5.83. The van der Waals surface area contributed by atoms with Crippen molar-refractivity contribution in [1.82, 2.24) is 9.55 Å². The molecule has 0 bridgehead atoms. The van der Waals surface area contributed by atoms with Crippen LogP contribution in [0.2, 0.25) is 0 Å². The summed E-state index contributed by atoms with van der Waals surface area (Å²) < 4.78 is 1.41. The summed E-state index contributed by atoms with van der Waals surface area (Å²) in [6, 6.07) is 7.22. The Morgan fingerprint density at radius 3 is 2.86 bits per heavy atom. The molecule has 1 unspecified atom stereocenters. The van der Waals surface area contributed by atoms with Gasteiger partial charge in [-0.25, -0.2) is 4.98 Å². The van der Waals surface area contributed by atoms with Crippen LogP contribution in [0, 0.1) is 0 Å². The van der Waals surface area contributed by atoms with Gasteiger partial charge in [-0.15, -0.1) is 0 Å². The van der Waals surface area contributed by atoms with Gasteiger partial charge in [0.25, 0.3) is 5.56 Å². The Morgan fingerprint density at radius 2 is 2.14 bits per heavy atom. The highest BCUT2D eigenvalue weighted by Crippen LogP contribution is 2.10. The molecule has 0 fully saturated rings. The minimum Gasteiger partial charge on any atom is -0.282 e. The fourth-order valence-corrected chi connectivity index (χ4v) is 1.48. The van der Waals surface area contributed by atoms with Crippen molar-refractivity contribution < 1.29 is 0 Å². The van der Waals surface area contributed by atoms with Gasteiger partial charge in [-0.2, -0.15) is 0 Å². The van der Waals surface area contributed by atoms with E-state index < -0.39 is 0 Å². The summed E-state index contributed by atoms with van der Waals surface area (Å²) in [5, 5.41) is 0.600. The third-order valence-corrected chi connectivity index (χ3v) is 2.28. The van der Waals surface area contributed by atoms with E-state index in [0.717, 1.165) is 0 Å². The Kier molecular flexibility index (Phi) is 2.25. The van der Waals surface area contributed by atoms with E-state index in [-0.39, 0.29) is 11.1 Å². The highest BCUT2D eigenvalue weighted by molar-refractivity contribution is 6.18. The number of aromatic nitrogens is 2. The third kappa shape index (κ3) is 1.40. The second-order valence-corrected chi connectivity index (χ2v) is 3.68. The zero-order valence-corrected chi connectivity index (χ0v) is 8.40. The largest absolute Gasteiger partial charge is 0.282 e. The topological polar surface area (TPSA) is 34.9 Å². The van der Waals surface area contributed by atoms with Gasteiger partial charge in [0.1, 0.15) is 5.50 Å². The molecule has 0 amide bonds. The maximum atomic E-state index is 11.8. The number of rotatable bonds is 1. The van der Waals surface area contributed by atoms with E-state index in [1.165, 1.54) is 10.9 Å². The van der Waals surface area contributed by atoms with Crippen molar-refractivity contribution >= 4 is 22.5 Å². The number of nitrogens with zero attached hydrogens (tertiary/aromatic N) is 2. The standard InChI is InChI=1S/C10H9ClN2O/c1-7(11)13-6-12-9-5-3-2-4-8(9)10(13)14/h2-7H,1H3. The lowest BCUT2D eigenvalue weighted by atomic mass is 10.2. The van der Waals surface area contributed by atoms with Crippen molar-refractivity contribution in [2.75, 3.05) is 0 Å². The van der Waals surface area contributed by atoms with Crippen molar-refractivity contribution in [2.24, 2.45) is 0 Å². The first-order valence-corrected chi connectivity index (χ1v) is 4.74. The molecule has 72 valence electrons. The molecular weight excluding hydrogens is 200 g/mol. The molecule has 0 saturated heterocycles. The highest BCUT2D eigenvalue weighted by atomic mass is 35.5. The normalized spacial score (nSPS) is 13.0. The Labute approximate surface area is 86.0 Å². The van der Waals surface area contributed by atoms with Crippen LogP contribution in [0.5, 0.6) is 0 Å². The van der Waals surface area contributed by atoms with Gasteiger partial charge < -0.3 is 0 Å². The lowest BCUT2D eigenvalue weighted by molar-refractivity contribution is 0.687. The lowest BCUT2D eigenvalue weighted by Crippen LogP contribution is -2.21. The zero-order valence-electron chi connectivity index (χ0n) is 7.64. The molecule has 1 aromatic heterocycles. The molecule has 1 heterocycles. The van der Waals surface area contributed by atoms with Gasteiger partial charge in [0.2, 0.25) is 0 Å². The van der Waals surface area contributed by atoms with Crippen LogP contribution in [0.3, 0.4) is 0 Å². The SMILES string of the molecule is CC(Cl)n1cnc2ccccc2c1=O. The average molecular weight is 209 g/mol. The quantitative estimate of drug-likeness (QED) is 0.674. The predicted octanol–water partition coefficient (Wildman–Crippen LogP) is 2.15. The minimum absolute atomic E-state index is 0.0990. The van der Waals surface area contributed by atoms with Crippen molar-refractivity contribution in [2.45, 2.75) is 12.4 Å². The monoisotopic (exact) mass is 208 g/mol. The summed E-state index contributed by atoms with van der Waals surface area (Å²) in [7, 11) is 0. The summed E-state index contributed by atoms with van der Waals surface area (Å²) in [4.78, 5) is 16.0. The van der Waals surface area contributed by atoms with E-state index in [1.54, 1.807) is 19.1 Å². The van der Waals surface area contributed by atoms with Crippen molar-refractivity contribution in [3.63, 3.8) is 0 Å². The predicted molar refractivity (Wildman–Crippen MR) is 56.6 cm³/mol. The van der Waals surface area contributed by atoms with Gasteiger partial charge in [-0.3, -0.25) is 9.36 Å². The molecule has 2 aromatic rings. The Morgan fingerprint density at radius 1 is 1.43 bits per heavy atom. The van der Waals surface area contributed by atoms with Crippen LogP contribution in [0.15, 0.2) is 35.4 Å². The van der Waals surface area contributed by atoms with E-state index in [1.807, 2.05) is 12.1 Å². The molecule has 14 heavy (non-hydrogen) atoms. The van der Waals surface area contributed by atoms with Gasteiger partial charge in [-0.1, -0.05) is 23.7 Å². The third-order valence-electron chi connectivity index (χ3n) is 2.07. The van der Waals surface area contributed by atoms with Gasteiger partial charge in [0, 0.05) is 0 Å². The van der Waals surface area contributed by atoms with Crippen molar-refractivity contribution in [3.05, 3.63) is 40.9 Å². The molecule has 3 nitrogen and oxygen atoms in total. The van der Waals surface area contributed by atoms with E-state index in [9.17, 15) is 4.79 Å². The fourth-order valence-electron chi connectivity index (χ4n) is 1.34. The summed E-state index contributed by atoms with van der Waals surface area (Å²) in [6.07, 6.45) is 1.47. The number of para-hydroxylation sites is 1. The summed E-state index contributed by atoms with van der Waals surface area (Å²) in [5.41, 5.74) is 0.226. The first kappa shape index (κ1) is 9.21. The number of fused-ring (bicyclic) bond motifs is 1. The van der Waals surface area contributed by atoms with Crippen molar-refractivity contribution in [1.29, 1.82) is 0 Å². The van der Waals surface area contributed by atoms with Crippen LogP contribution in [0.4, 0.5) is 0 Å². The van der Waals surface area contributed by atoms with Gasteiger partial charge in [-0.05, 0) is 19.1 Å². The summed E-state index contributed by atoms with van der Waals surface area (Å²) in [6.45, 7) is 1.74. The Hall–Kier alpha value is -1.35. The fraction of sp³-hybridized carbons (Fsp3) is 0.200. The van der Waals surface area contributed by atoms with Crippen molar-refractivity contribution in [3.8, 4) is 0 Å². The van der Waals surface area contributed by atoms with Crippen LogP contribution in [0.25, 0.3) is 10.9 Å². The smallest absolute Gasteiger partial charge is 0.262 e. The molecule has 4 heteroatoms. The Balaban J connectivity index is 2.82. The molecule has 0 saturated carbocycles. The molecule has 0 aliphatic rings. The van der Waals surface area contributed by atoms with Gasteiger partial charge >= 0.3 is 0 Å².